The van der Waals surface area contributed by atoms with Gasteiger partial charge in [0.15, 0.2) is 5.00 Å². The van der Waals surface area contributed by atoms with Gasteiger partial charge in [-0.2, -0.15) is 9.57 Å². The van der Waals surface area contributed by atoms with E-state index in [4.69, 9.17) is 5.26 Å². The number of thiophene rings is 1. The Kier molecular flexibility index (Phi) is 6.07. The molecule has 0 radical (unpaired) electrons. The second kappa shape index (κ2) is 7.35. The Morgan fingerprint density at radius 2 is 2.19 bits per heavy atom. The first-order valence-electron chi connectivity index (χ1n) is 6.27. The number of nitro groups is 1. The molecule has 1 heterocycles. The molecule has 1 aromatic rings. The zero-order valence-electron chi connectivity index (χ0n) is 11.7. The van der Waals surface area contributed by atoms with E-state index in [0.29, 0.717) is 6.54 Å². The van der Waals surface area contributed by atoms with Crippen LogP contribution in [0.4, 0.5) is 10.7 Å². The predicted octanol–water partition coefficient (Wildman–Crippen LogP) is 2.01. The van der Waals surface area contributed by atoms with Crippen LogP contribution >= 0.6 is 11.3 Å². The van der Waals surface area contributed by atoms with Crippen LogP contribution in [0.2, 0.25) is 0 Å². The Balaban J connectivity index is 3.22. The van der Waals surface area contributed by atoms with Gasteiger partial charge in [-0.05, 0) is 6.92 Å². The Labute approximate surface area is 127 Å². The molecule has 0 spiro atoms. The highest BCUT2D eigenvalue weighted by atomic mass is 32.2. The van der Waals surface area contributed by atoms with E-state index >= 15 is 0 Å². The lowest BCUT2D eigenvalue weighted by Crippen LogP contribution is -2.31. The first-order chi connectivity index (χ1) is 9.88. The molecule has 0 bridgehead atoms. The Morgan fingerprint density at radius 3 is 2.67 bits per heavy atom. The van der Waals surface area contributed by atoms with Gasteiger partial charge in [-0.3, -0.25) is 10.1 Å². The summed E-state index contributed by atoms with van der Waals surface area (Å²) < 4.78 is 25.9. The SMILES string of the molecule is CCNc1sc(S(=O)(=O)N(CC)CCC#N)cc1[N+](=O)[O-]. The summed E-state index contributed by atoms with van der Waals surface area (Å²) in [6, 6.07) is 2.95. The molecular weight excluding hydrogens is 316 g/mol. The molecule has 116 valence electrons. The van der Waals surface area contributed by atoms with Crippen molar-refractivity contribution >= 4 is 32.0 Å². The van der Waals surface area contributed by atoms with Crippen LogP contribution in [-0.2, 0) is 10.0 Å². The highest BCUT2D eigenvalue weighted by molar-refractivity contribution is 7.91. The van der Waals surface area contributed by atoms with E-state index in [1.54, 1.807) is 13.8 Å². The van der Waals surface area contributed by atoms with Gasteiger partial charge in [-0.1, -0.05) is 18.3 Å². The summed E-state index contributed by atoms with van der Waals surface area (Å²) in [6.07, 6.45) is 0.0700. The quantitative estimate of drug-likeness (QED) is 0.575. The topological polar surface area (TPSA) is 116 Å². The van der Waals surface area contributed by atoms with Crippen LogP contribution in [0, 0.1) is 21.4 Å². The summed E-state index contributed by atoms with van der Waals surface area (Å²) in [7, 11) is -3.82. The fraction of sp³-hybridized carbons (Fsp3) is 0.545. The summed E-state index contributed by atoms with van der Waals surface area (Å²) in [6.45, 7) is 4.14. The lowest BCUT2D eigenvalue weighted by atomic mass is 10.5. The van der Waals surface area contributed by atoms with Crippen LogP contribution in [0.1, 0.15) is 20.3 Å². The fourth-order valence-corrected chi connectivity index (χ4v) is 4.66. The molecule has 0 amide bonds. The number of nitrogens with one attached hydrogen (secondary N) is 1. The van der Waals surface area contributed by atoms with Crippen LogP contribution in [0.3, 0.4) is 0 Å². The lowest BCUT2D eigenvalue weighted by Gasteiger charge is -2.17. The van der Waals surface area contributed by atoms with Gasteiger partial charge in [0.05, 0.1) is 11.0 Å². The molecule has 0 saturated carbocycles. The van der Waals surface area contributed by atoms with Crippen molar-refractivity contribution in [2.45, 2.75) is 24.5 Å². The van der Waals surface area contributed by atoms with Crippen LogP contribution in [0.5, 0.6) is 0 Å². The molecule has 8 nitrogen and oxygen atoms in total. The van der Waals surface area contributed by atoms with Crippen molar-refractivity contribution in [3.63, 3.8) is 0 Å². The zero-order chi connectivity index (χ0) is 16.0. The number of rotatable bonds is 8. The molecule has 0 aliphatic heterocycles. The van der Waals surface area contributed by atoms with E-state index < -0.39 is 14.9 Å². The number of hydrogen-bond donors (Lipinski definition) is 1. The van der Waals surface area contributed by atoms with Gasteiger partial charge < -0.3 is 5.32 Å². The Hall–Kier alpha value is -1.70. The summed E-state index contributed by atoms with van der Waals surface area (Å²) in [4.78, 5) is 10.4. The lowest BCUT2D eigenvalue weighted by molar-refractivity contribution is -0.383. The summed E-state index contributed by atoms with van der Waals surface area (Å²) in [5.41, 5.74) is -0.253. The van der Waals surface area contributed by atoms with Gasteiger partial charge in [0, 0.05) is 32.1 Å². The van der Waals surface area contributed by atoms with Gasteiger partial charge in [-0.15, -0.1) is 0 Å². The molecule has 0 aliphatic carbocycles. The van der Waals surface area contributed by atoms with Crippen molar-refractivity contribution in [1.82, 2.24) is 4.31 Å². The molecule has 0 aliphatic rings. The monoisotopic (exact) mass is 332 g/mol. The van der Waals surface area contributed by atoms with Gasteiger partial charge in [0.25, 0.3) is 10.0 Å². The summed E-state index contributed by atoms with van der Waals surface area (Å²) in [5, 5.41) is 22.6. The number of anilines is 1. The number of hydrogen-bond acceptors (Lipinski definition) is 7. The van der Waals surface area contributed by atoms with Crippen molar-refractivity contribution in [3.05, 3.63) is 16.2 Å². The van der Waals surface area contributed by atoms with E-state index in [1.807, 2.05) is 6.07 Å². The number of nitrogens with zero attached hydrogens (tertiary/aromatic N) is 3. The van der Waals surface area contributed by atoms with E-state index in [1.165, 1.54) is 0 Å². The average Bonchev–Trinajstić information content (AvgIpc) is 2.85. The third kappa shape index (κ3) is 3.90. The number of nitriles is 1. The average molecular weight is 332 g/mol. The van der Waals surface area contributed by atoms with Crippen molar-refractivity contribution in [2.75, 3.05) is 25.0 Å². The molecule has 21 heavy (non-hydrogen) atoms. The Bertz CT molecular complexity index is 648. The van der Waals surface area contributed by atoms with Gasteiger partial charge in [0.2, 0.25) is 0 Å². The molecular formula is C11H16N4O4S2. The molecule has 0 saturated heterocycles. The summed E-state index contributed by atoms with van der Waals surface area (Å²) >= 11 is 0.831. The highest BCUT2D eigenvalue weighted by Gasteiger charge is 2.29. The van der Waals surface area contributed by atoms with Crippen LogP contribution in [0.15, 0.2) is 10.3 Å². The summed E-state index contributed by atoms with van der Waals surface area (Å²) in [5.74, 6) is 0. The molecule has 1 N–H and O–H groups in total. The molecule has 0 unspecified atom stereocenters. The highest BCUT2D eigenvalue weighted by Crippen LogP contribution is 2.38. The van der Waals surface area contributed by atoms with Crippen LogP contribution < -0.4 is 5.32 Å². The van der Waals surface area contributed by atoms with Crippen molar-refractivity contribution in [1.29, 1.82) is 5.26 Å². The zero-order valence-corrected chi connectivity index (χ0v) is 13.3. The molecule has 0 fully saturated rings. The second-order valence-electron chi connectivity index (χ2n) is 3.97. The van der Waals surface area contributed by atoms with E-state index in [9.17, 15) is 18.5 Å². The molecule has 0 aromatic carbocycles. The fourth-order valence-electron chi connectivity index (χ4n) is 1.66. The molecule has 1 rings (SSSR count). The molecule has 10 heteroatoms. The van der Waals surface area contributed by atoms with Crippen LogP contribution in [0.25, 0.3) is 0 Å². The minimum Gasteiger partial charge on any atom is -0.372 e. The number of sulfonamides is 1. The van der Waals surface area contributed by atoms with E-state index in [0.717, 1.165) is 21.7 Å². The predicted molar refractivity (Wildman–Crippen MR) is 79.8 cm³/mol. The third-order valence-electron chi connectivity index (χ3n) is 2.64. The minimum absolute atomic E-state index is 0.0670. The maximum atomic E-state index is 12.4. The molecule has 1 aromatic heterocycles. The smallest absolute Gasteiger partial charge is 0.304 e. The van der Waals surface area contributed by atoms with Crippen LogP contribution in [-0.4, -0.2) is 37.3 Å². The second-order valence-corrected chi connectivity index (χ2v) is 7.19. The van der Waals surface area contributed by atoms with Gasteiger partial charge >= 0.3 is 5.69 Å². The molecule has 0 atom stereocenters. The largest absolute Gasteiger partial charge is 0.372 e. The van der Waals surface area contributed by atoms with Crippen molar-refractivity contribution in [3.8, 4) is 6.07 Å². The Morgan fingerprint density at radius 1 is 1.52 bits per heavy atom. The van der Waals surface area contributed by atoms with Crippen molar-refractivity contribution in [2.24, 2.45) is 0 Å². The minimum atomic E-state index is -3.82. The standard InChI is InChI=1S/C11H16N4O4S2/c1-3-13-11-9(15(16)17)8-10(20-11)21(18,19)14(4-2)7-5-6-12/h8,13H,3-5,7H2,1-2H3. The van der Waals surface area contributed by atoms with Gasteiger partial charge in [0.1, 0.15) is 4.21 Å². The third-order valence-corrected chi connectivity index (χ3v) is 6.15. The maximum Gasteiger partial charge on any atom is 0.304 e. The maximum absolute atomic E-state index is 12.4. The normalized spacial score (nSPS) is 11.3. The first-order valence-corrected chi connectivity index (χ1v) is 8.53. The van der Waals surface area contributed by atoms with Crippen molar-refractivity contribution < 1.29 is 13.3 Å². The first kappa shape index (κ1) is 17.4. The van der Waals surface area contributed by atoms with E-state index in [-0.39, 0.29) is 34.4 Å². The van der Waals surface area contributed by atoms with E-state index in [2.05, 4.69) is 5.32 Å². The van der Waals surface area contributed by atoms with Gasteiger partial charge in [-0.25, -0.2) is 8.42 Å².